The van der Waals surface area contributed by atoms with Gasteiger partial charge in [-0.25, -0.2) is 0 Å². The Kier molecular flexibility index (Phi) is 5.21. The summed E-state index contributed by atoms with van der Waals surface area (Å²) in [5.41, 5.74) is 0. The minimum Gasteiger partial charge on any atom is -0.396 e. The maximum atomic E-state index is 9.11. The lowest BCUT2D eigenvalue weighted by atomic mass is 9.90. The summed E-state index contributed by atoms with van der Waals surface area (Å²) in [5, 5.41) is 9.11. The van der Waals surface area contributed by atoms with E-state index in [1.807, 2.05) is 0 Å². The molecule has 15 heavy (non-hydrogen) atoms. The lowest BCUT2D eigenvalue weighted by Gasteiger charge is -2.23. The van der Waals surface area contributed by atoms with Crippen LogP contribution in [0.1, 0.15) is 57.8 Å². The zero-order valence-corrected chi connectivity index (χ0v) is 11.8. The molecule has 2 rings (SSSR count). The smallest absolute Gasteiger partial charge is 0.275 e. The normalized spacial score (nSPS) is 34.2. The van der Waals surface area contributed by atoms with Gasteiger partial charge in [0.05, 0.1) is 0 Å². The highest BCUT2D eigenvalue weighted by molar-refractivity contribution is 4.72. The van der Waals surface area contributed by atoms with Crippen molar-refractivity contribution in [1.29, 1.82) is 0 Å². The summed E-state index contributed by atoms with van der Waals surface area (Å²) in [5.74, 6) is 0.650. The number of aliphatic hydroxyl groups excluding tert-OH is 1. The zero-order chi connectivity index (χ0) is 10.5. The van der Waals surface area contributed by atoms with Crippen molar-refractivity contribution in [3.63, 3.8) is 0 Å². The zero-order valence-electron chi connectivity index (χ0n) is 9.63. The van der Waals surface area contributed by atoms with E-state index in [-0.39, 0.29) is 0 Å². The minimum atomic E-state index is 0.439. The third-order valence-corrected chi connectivity index (χ3v) is 8.45. The summed E-state index contributed by atoms with van der Waals surface area (Å²) >= 11 is 0.476. The van der Waals surface area contributed by atoms with Crippen molar-refractivity contribution in [2.75, 3.05) is 6.61 Å². The van der Waals surface area contributed by atoms with Gasteiger partial charge in [-0.15, -0.1) is 0 Å². The van der Waals surface area contributed by atoms with Crippen LogP contribution in [0, 0.1) is 5.92 Å². The molecule has 2 aliphatic rings. The first-order valence-electron chi connectivity index (χ1n) is 6.61. The number of hydrogen-bond acceptors (Lipinski definition) is 1. The van der Waals surface area contributed by atoms with Crippen LogP contribution in [0.15, 0.2) is 0 Å². The molecule has 2 heteroatoms. The number of hydrogen-bond donors (Lipinski definition) is 1. The van der Waals surface area contributed by atoms with Crippen LogP contribution >= 0.6 is 0 Å². The van der Waals surface area contributed by atoms with E-state index in [0.29, 0.717) is 33.7 Å². The Hall–Kier alpha value is 0.690. The molecule has 0 saturated heterocycles. The Morgan fingerprint density at radius 1 is 0.800 bits per heavy atom. The van der Waals surface area contributed by atoms with Gasteiger partial charge in [-0.05, 0) is 57.3 Å². The summed E-state index contributed by atoms with van der Waals surface area (Å²) in [7, 11) is 0. The lowest BCUT2D eigenvalue weighted by molar-refractivity contribution is -0.726. The SMILES string of the molecule is OCC1CCC([I+]C2CCCCC2)CC1. The van der Waals surface area contributed by atoms with Gasteiger partial charge in [0.15, 0.2) is 7.85 Å². The summed E-state index contributed by atoms with van der Waals surface area (Å²) in [6.07, 6.45) is 13.1. The average Bonchev–Trinajstić information content (AvgIpc) is 2.31. The van der Waals surface area contributed by atoms with Gasteiger partial charge in [0.2, 0.25) is 0 Å². The van der Waals surface area contributed by atoms with Gasteiger partial charge in [-0.3, -0.25) is 0 Å². The molecule has 0 aliphatic heterocycles. The Morgan fingerprint density at radius 3 is 2.00 bits per heavy atom. The molecular weight excluding hydrogens is 299 g/mol. The fourth-order valence-corrected chi connectivity index (χ4v) is 7.34. The Bertz CT molecular complexity index is 169. The van der Waals surface area contributed by atoms with E-state index in [1.54, 1.807) is 12.8 Å². The molecule has 0 amide bonds. The Labute approximate surface area is 104 Å². The molecule has 0 atom stereocenters. The second-order valence-electron chi connectivity index (χ2n) is 5.16. The maximum Gasteiger partial charge on any atom is 0.275 e. The van der Waals surface area contributed by atoms with E-state index in [0.717, 1.165) is 7.85 Å². The first-order valence-corrected chi connectivity index (χ1v) is 9.10. The standard InChI is InChI=1S/C13H24IO/c15-10-11-6-8-13(9-7-11)14-12-4-2-1-3-5-12/h11-13,15H,1-10H2/q+1. The fraction of sp³-hybridized carbons (Fsp3) is 1.00. The number of aliphatic hydroxyl groups is 1. The van der Waals surface area contributed by atoms with Crippen molar-refractivity contribution in [3.8, 4) is 0 Å². The predicted octanol–water partition coefficient (Wildman–Crippen LogP) is -0.0408. The Balaban J connectivity index is 1.67. The van der Waals surface area contributed by atoms with E-state index in [4.69, 9.17) is 5.11 Å². The van der Waals surface area contributed by atoms with Gasteiger partial charge < -0.3 is 5.11 Å². The van der Waals surface area contributed by atoms with Crippen LogP contribution in [0.3, 0.4) is 0 Å². The highest BCUT2D eigenvalue weighted by Gasteiger charge is 2.35. The molecule has 0 spiro atoms. The van der Waals surface area contributed by atoms with Crippen LogP contribution in [0.4, 0.5) is 0 Å². The summed E-state index contributed by atoms with van der Waals surface area (Å²) in [6.45, 7) is 0.439. The van der Waals surface area contributed by atoms with Crippen LogP contribution in [0.25, 0.3) is 0 Å². The molecule has 0 radical (unpaired) electrons. The van der Waals surface area contributed by atoms with Crippen molar-refractivity contribution in [1.82, 2.24) is 0 Å². The van der Waals surface area contributed by atoms with Gasteiger partial charge in [-0.1, -0.05) is 6.42 Å². The third-order valence-electron chi connectivity index (χ3n) is 3.93. The van der Waals surface area contributed by atoms with Gasteiger partial charge in [0, 0.05) is 6.61 Å². The molecule has 2 aliphatic carbocycles. The molecule has 0 aromatic rings. The first-order chi connectivity index (χ1) is 7.38. The van der Waals surface area contributed by atoms with Crippen LogP contribution in [-0.4, -0.2) is 19.6 Å². The van der Waals surface area contributed by atoms with Crippen LogP contribution in [0.5, 0.6) is 0 Å². The highest BCUT2D eigenvalue weighted by atomic mass is 127. The van der Waals surface area contributed by atoms with Gasteiger partial charge in [-0.2, -0.15) is 0 Å². The van der Waals surface area contributed by atoms with E-state index >= 15 is 0 Å². The van der Waals surface area contributed by atoms with Crippen LogP contribution in [0.2, 0.25) is 0 Å². The van der Waals surface area contributed by atoms with E-state index < -0.39 is 0 Å². The van der Waals surface area contributed by atoms with Gasteiger partial charge in [0.25, 0.3) is 21.2 Å². The van der Waals surface area contributed by atoms with Crippen molar-refractivity contribution in [2.24, 2.45) is 5.92 Å². The molecule has 88 valence electrons. The van der Waals surface area contributed by atoms with E-state index in [2.05, 4.69) is 0 Å². The summed E-state index contributed by atoms with van der Waals surface area (Å²) < 4.78 is 2.27. The largest absolute Gasteiger partial charge is 0.396 e. The van der Waals surface area contributed by atoms with Crippen molar-refractivity contribution in [2.45, 2.75) is 65.6 Å². The van der Waals surface area contributed by atoms with E-state index in [1.165, 1.54) is 44.9 Å². The molecule has 1 N–H and O–H groups in total. The van der Waals surface area contributed by atoms with Gasteiger partial charge in [0.1, 0.15) is 0 Å². The maximum absolute atomic E-state index is 9.11. The van der Waals surface area contributed by atoms with Crippen LogP contribution in [-0.2, 0) is 0 Å². The summed E-state index contributed by atoms with van der Waals surface area (Å²) in [4.78, 5) is 0. The molecular formula is C13H24IO+. The molecule has 0 bridgehead atoms. The second kappa shape index (κ2) is 6.43. The number of halogens is 1. The molecule has 1 nitrogen and oxygen atoms in total. The lowest BCUT2D eigenvalue weighted by Crippen LogP contribution is -3.68. The number of alkyl halides is 2. The highest BCUT2D eigenvalue weighted by Crippen LogP contribution is 2.21. The average molecular weight is 323 g/mol. The molecule has 0 aromatic carbocycles. The monoisotopic (exact) mass is 323 g/mol. The summed E-state index contributed by atoms with van der Waals surface area (Å²) in [6, 6.07) is 0. The van der Waals surface area contributed by atoms with E-state index in [9.17, 15) is 0 Å². The predicted molar refractivity (Wildman–Crippen MR) is 59.7 cm³/mol. The minimum absolute atomic E-state index is 0.439. The quantitative estimate of drug-likeness (QED) is 0.571. The molecule has 2 saturated carbocycles. The second-order valence-corrected chi connectivity index (χ2v) is 9.40. The molecule has 0 unspecified atom stereocenters. The molecule has 0 heterocycles. The third kappa shape index (κ3) is 3.88. The molecule has 2 fully saturated rings. The van der Waals surface area contributed by atoms with Crippen molar-refractivity contribution >= 4 is 0 Å². The fourth-order valence-electron chi connectivity index (χ4n) is 2.86. The molecule has 0 aromatic heterocycles. The van der Waals surface area contributed by atoms with Crippen molar-refractivity contribution < 1.29 is 26.3 Å². The van der Waals surface area contributed by atoms with Gasteiger partial charge >= 0.3 is 0 Å². The number of rotatable bonds is 3. The Morgan fingerprint density at radius 2 is 1.40 bits per heavy atom. The van der Waals surface area contributed by atoms with Crippen molar-refractivity contribution in [3.05, 3.63) is 0 Å². The first kappa shape index (κ1) is 12.2. The topological polar surface area (TPSA) is 20.2 Å². The van der Waals surface area contributed by atoms with Crippen LogP contribution < -0.4 is 21.2 Å².